The fraction of sp³-hybridized carbons (Fsp3) is 0.0909. The van der Waals surface area contributed by atoms with E-state index in [1.807, 2.05) is 0 Å². The molecule has 1 heterocycles. The van der Waals surface area contributed by atoms with Gasteiger partial charge in [0.1, 0.15) is 0 Å². The van der Waals surface area contributed by atoms with E-state index in [4.69, 9.17) is 23.2 Å². The minimum Gasteiger partial charge on any atom is -0.319 e. The molecule has 0 fully saturated rings. The summed E-state index contributed by atoms with van der Waals surface area (Å²) in [6.45, 7) is 1.14. The molecule has 1 amide bonds. The molecule has 0 aliphatic carbocycles. The summed E-state index contributed by atoms with van der Waals surface area (Å²) in [5, 5.41) is 9.56. The highest BCUT2D eigenvalue weighted by molar-refractivity contribution is 6.36. The van der Waals surface area contributed by atoms with Crippen LogP contribution in [0.1, 0.15) is 22.2 Å². The second kappa shape index (κ2) is 5.56. The van der Waals surface area contributed by atoms with Crippen LogP contribution in [0.25, 0.3) is 0 Å². The summed E-state index contributed by atoms with van der Waals surface area (Å²) in [7, 11) is 0. The maximum atomic E-state index is 13.4. The quantitative estimate of drug-likeness (QED) is 0.924. The molecule has 1 aromatic heterocycles. The van der Waals surface area contributed by atoms with E-state index in [2.05, 4.69) is 15.5 Å². The van der Waals surface area contributed by atoms with Crippen LogP contribution in [-0.2, 0) is 0 Å². The van der Waals surface area contributed by atoms with E-state index in [0.717, 1.165) is 6.92 Å². The number of amides is 1. The summed E-state index contributed by atoms with van der Waals surface area (Å²) in [6, 6.07) is 4.38. The standard InChI is InChI=1S/C11H7Cl2FN4O2/c1-5(19)18-16-9(10(14)17-18)11(20)15-8-3-2-6(12)4-7(8)13/h2-4H,1H3,(H,15,20). The highest BCUT2D eigenvalue weighted by atomic mass is 35.5. The second-order valence-electron chi connectivity index (χ2n) is 3.73. The predicted molar refractivity (Wildman–Crippen MR) is 70.7 cm³/mol. The van der Waals surface area contributed by atoms with Gasteiger partial charge in [0, 0.05) is 11.9 Å². The van der Waals surface area contributed by atoms with Gasteiger partial charge in [-0.3, -0.25) is 9.59 Å². The number of aromatic nitrogens is 3. The Bertz CT molecular complexity index is 702. The third kappa shape index (κ3) is 2.94. The maximum absolute atomic E-state index is 13.4. The summed E-state index contributed by atoms with van der Waals surface area (Å²) in [4.78, 5) is 23.3. The molecule has 20 heavy (non-hydrogen) atoms. The minimum absolute atomic E-state index is 0.185. The number of nitrogens with one attached hydrogen (secondary N) is 1. The van der Waals surface area contributed by atoms with E-state index in [9.17, 15) is 14.0 Å². The predicted octanol–water partition coefficient (Wildman–Crippen LogP) is 2.64. The molecular weight excluding hydrogens is 310 g/mol. The Morgan fingerprint density at radius 1 is 1.30 bits per heavy atom. The van der Waals surface area contributed by atoms with Crippen molar-refractivity contribution in [3.05, 3.63) is 39.9 Å². The lowest BCUT2D eigenvalue weighted by molar-refractivity contribution is 0.0900. The summed E-state index contributed by atoms with van der Waals surface area (Å²) in [5.74, 6) is -2.64. The molecule has 1 aromatic carbocycles. The zero-order valence-corrected chi connectivity index (χ0v) is 11.5. The number of halogens is 3. The molecule has 9 heteroatoms. The zero-order chi connectivity index (χ0) is 14.9. The van der Waals surface area contributed by atoms with Gasteiger partial charge >= 0.3 is 0 Å². The molecule has 0 radical (unpaired) electrons. The number of carbonyl (C=O) groups excluding carboxylic acids is 2. The molecule has 0 atom stereocenters. The van der Waals surface area contributed by atoms with Gasteiger partial charge in [-0.1, -0.05) is 23.2 Å². The molecule has 1 N–H and O–H groups in total. The first-order valence-electron chi connectivity index (χ1n) is 5.28. The number of hydrogen-bond donors (Lipinski definition) is 1. The monoisotopic (exact) mass is 316 g/mol. The van der Waals surface area contributed by atoms with Gasteiger partial charge in [-0.05, 0) is 18.2 Å². The largest absolute Gasteiger partial charge is 0.319 e. The lowest BCUT2D eigenvalue weighted by Crippen LogP contribution is -2.16. The van der Waals surface area contributed by atoms with Crippen molar-refractivity contribution >= 4 is 40.7 Å². The Kier molecular flexibility index (Phi) is 4.01. The van der Waals surface area contributed by atoms with Crippen LogP contribution in [0, 0.1) is 5.95 Å². The highest BCUT2D eigenvalue weighted by Gasteiger charge is 2.21. The van der Waals surface area contributed by atoms with Crippen LogP contribution >= 0.6 is 23.2 Å². The molecule has 0 aliphatic heterocycles. The Balaban J connectivity index is 2.26. The third-order valence-corrected chi connectivity index (χ3v) is 2.80. The smallest absolute Gasteiger partial charge is 0.281 e. The van der Waals surface area contributed by atoms with E-state index >= 15 is 0 Å². The molecule has 2 aromatic rings. The Labute approximate surface area is 122 Å². The van der Waals surface area contributed by atoms with Crippen molar-refractivity contribution in [2.24, 2.45) is 0 Å². The van der Waals surface area contributed by atoms with Crippen LogP contribution in [0.4, 0.5) is 10.1 Å². The van der Waals surface area contributed by atoms with E-state index in [0.29, 0.717) is 9.82 Å². The number of anilines is 1. The van der Waals surface area contributed by atoms with Gasteiger partial charge in [-0.25, -0.2) is 0 Å². The zero-order valence-electron chi connectivity index (χ0n) is 10.0. The fourth-order valence-electron chi connectivity index (χ4n) is 1.34. The molecular formula is C11H7Cl2FN4O2. The van der Waals surface area contributed by atoms with E-state index in [1.54, 1.807) is 0 Å². The number of carbonyl (C=O) groups is 2. The molecule has 0 aliphatic rings. The lowest BCUT2D eigenvalue weighted by Gasteiger charge is -2.05. The van der Waals surface area contributed by atoms with Crippen LogP contribution in [0.5, 0.6) is 0 Å². The van der Waals surface area contributed by atoms with E-state index < -0.39 is 23.5 Å². The van der Waals surface area contributed by atoms with Crippen LogP contribution in [0.2, 0.25) is 10.0 Å². The molecule has 104 valence electrons. The number of rotatable bonds is 2. The van der Waals surface area contributed by atoms with Crippen molar-refractivity contribution in [3.63, 3.8) is 0 Å². The van der Waals surface area contributed by atoms with Gasteiger partial charge in [-0.15, -0.1) is 15.0 Å². The number of benzene rings is 1. The molecule has 0 spiro atoms. The molecule has 0 bridgehead atoms. The van der Waals surface area contributed by atoms with Gasteiger partial charge < -0.3 is 5.32 Å². The van der Waals surface area contributed by atoms with Crippen LogP contribution in [0.3, 0.4) is 0 Å². The van der Waals surface area contributed by atoms with Gasteiger partial charge in [-0.2, -0.15) is 4.39 Å². The fourth-order valence-corrected chi connectivity index (χ4v) is 1.80. The first kappa shape index (κ1) is 14.4. The van der Waals surface area contributed by atoms with Gasteiger partial charge in [0.05, 0.1) is 10.7 Å². The molecule has 0 saturated carbocycles. The molecule has 2 rings (SSSR count). The molecule has 0 unspecified atom stereocenters. The van der Waals surface area contributed by atoms with E-state index in [-0.39, 0.29) is 10.7 Å². The number of hydrogen-bond acceptors (Lipinski definition) is 4. The first-order chi connectivity index (χ1) is 9.38. The van der Waals surface area contributed by atoms with Gasteiger partial charge in [0.25, 0.3) is 17.8 Å². The SMILES string of the molecule is CC(=O)n1nc(F)c(C(=O)Nc2ccc(Cl)cc2Cl)n1. The minimum atomic E-state index is -1.15. The van der Waals surface area contributed by atoms with Crippen molar-refractivity contribution in [3.8, 4) is 0 Å². The maximum Gasteiger partial charge on any atom is 0.281 e. The summed E-state index contributed by atoms with van der Waals surface area (Å²) >= 11 is 11.6. The topological polar surface area (TPSA) is 76.9 Å². The second-order valence-corrected chi connectivity index (χ2v) is 4.57. The summed E-state index contributed by atoms with van der Waals surface area (Å²) < 4.78 is 13.4. The average molecular weight is 317 g/mol. The third-order valence-electron chi connectivity index (χ3n) is 2.25. The van der Waals surface area contributed by atoms with Crippen LogP contribution < -0.4 is 5.32 Å². The lowest BCUT2D eigenvalue weighted by atomic mass is 10.3. The Morgan fingerprint density at radius 3 is 2.55 bits per heavy atom. The summed E-state index contributed by atoms with van der Waals surface area (Å²) in [5.41, 5.74) is -0.371. The van der Waals surface area contributed by atoms with Crippen molar-refractivity contribution in [1.82, 2.24) is 15.0 Å². The van der Waals surface area contributed by atoms with Crippen molar-refractivity contribution in [2.75, 3.05) is 5.32 Å². The Morgan fingerprint density at radius 2 is 2.00 bits per heavy atom. The summed E-state index contributed by atoms with van der Waals surface area (Å²) in [6.07, 6.45) is 0. The van der Waals surface area contributed by atoms with Crippen molar-refractivity contribution in [1.29, 1.82) is 0 Å². The van der Waals surface area contributed by atoms with E-state index in [1.165, 1.54) is 18.2 Å². The Hall–Kier alpha value is -1.99. The number of nitrogens with zero attached hydrogens (tertiary/aromatic N) is 3. The molecule has 0 saturated heterocycles. The average Bonchev–Trinajstić information content (AvgIpc) is 2.75. The highest BCUT2D eigenvalue weighted by Crippen LogP contribution is 2.25. The molecule has 6 nitrogen and oxygen atoms in total. The van der Waals surface area contributed by atoms with Crippen LogP contribution in [-0.4, -0.2) is 26.8 Å². The normalized spacial score (nSPS) is 10.4. The van der Waals surface area contributed by atoms with Crippen molar-refractivity contribution < 1.29 is 14.0 Å². The van der Waals surface area contributed by atoms with Crippen LogP contribution in [0.15, 0.2) is 18.2 Å². The van der Waals surface area contributed by atoms with Gasteiger partial charge in [0.2, 0.25) is 5.69 Å². The van der Waals surface area contributed by atoms with Gasteiger partial charge in [0.15, 0.2) is 0 Å². The first-order valence-corrected chi connectivity index (χ1v) is 6.04. The van der Waals surface area contributed by atoms with Crippen molar-refractivity contribution in [2.45, 2.75) is 6.92 Å².